The largest absolute Gasteiger partial charge is 0.493 e. The van der Waals surface area contributed by atoms with E-state index < -0.39 is 17.9 Å². The minimum absolute atomic E-state index is 0.0425. The smallest absolute Gasteiger partial charge is 0.311 e. The van der Waals surface area contributed by atoms with Gasteiger partial charge in [0.25, 0.3) is 5.91 Å². The SMILES string of the molecule is CCCC(=O)Oc1c(OC)ccnc1C(=O)N[C@@H](C)C(=O)NC1CCC(C(C)(C)C)CC1. The van der Waals surface area contributed by atoms with Gasteiger partial charge in [-0.2, -0.15) is 0 Å². The lowest BCUT2D eigenvalue weighted by atomic mass is 9.71. The van der Waals surface area contributed by atoms with E-state index in [4.69, 9.17) is 9.47 Å². The maximum absolute atomic E-state index is 12.8. The number of nitrogens with zero attached hydrogens (tertiary/aromatic N) is 1. The first kappa shape index (κ1) is 25.6. The van der Waals surface area contributed by atoms with Crippen LogP contribution in [0.25, 0.3) is 0 Å². The fourth-order valence-corrected chi connectivity index (χ4v) is 3.98. The number of methoxy groups -OCH3 is 1. The second-order valence-corrected chi connectivity index (χ2v) is 9.53. The summed E-state index contributed by atoms with van der Waals surface area (Å²) in [7, 11) is 1.42. The molecule has 0 bridgehead atoms. The number of hydrogen-bond donors (Lipinski definition) is 2. The molecule has 1 fully saturated rings. The van der Waals surface area contributed by atoms with Crippen LogP contribution < -0.4 is 20.1 Å². The Balaban J connectivity index is 2.00. The van der Waals surface area contributed by atoms with Gasteiger partial charge in [-0.1, -0.05) is 27.7 Å². The molecule has 0 spiro atoms. The molecule has 8 heteroatoms. The first-order chi connectivity index (χ1) is 15.1. The van der Waals surface area contributed by atoms with Gasteiger partial charge in [0, 0.05) is 24.7 Å². The average molecular weight is 448 g/mol. The molecule has 2 amide bonds. The van der Waals surface area contributed by atoms with Crippen molar-refractivity contribution in [2.75, 3.05) is 7.11 Å². The number of pyridine rings is 1. The van der Waals surface area contributed by atoms with E-state index >= 15 is 0 Å². The van der Waals surface area contributed by atoms with E-state index in [9.17, 15) is 14.4 Å². The van der Waals surface area contributed by atoms with Gasteiger partial charge in [-0.05, 0) is 50.4 Å². The molecule has 0 aliphatic heterocycles. The maximum atomic E-state index is 12.8. The molecule has 0 saturated heterocycles. The fraction of sp³-hybridized carbons (Fsp3) is 0.667. The van der Waals surface area contributed by atoms with E-state index in [0.717, 1.165) is 25.7 Å². The first-order valence-corrected chi connectivity index (χ1v) is 11.4. The molecule has 1 aliphatic rings. The molecule has 1 heterocycles. The van der Waals surface area contributed by atoms with Crippen LogP contribution in [0.3, 0.4) is 0 Å². The van der Waals surface area contributed by atoms with Crippen molar-refractivity contribution in [3.63, 3.8) is 0 Å². The molecule has 8 nitrogen and oxygen atoms in total. The van der Waals surface area contributed by atoms with Crippen LogP contribution in [0, 0.1) is 11.3 Å². The van der Waals surface area contributed by atoms with Gasteiger partial charge in [0.2, 0.25) is 11.7 Å². The third kappa shape index (κ3) is 6.93. The zero-order valence-electron chi connectivity index (χ0n) is 20.1. The highest BCUT2D eigenvalue weighted by atomic mass is 16.6. The Morgan fingerprint density at radius 3 is 2.41 bits per heavy atom. The summed E-state index contributed by atoms with van der Waals surface area (Å²) in [6, 6.07) is 0.853. The van der Waals surface area contributed by atoms with Gasteiger partial charge in [0.05, 0.1) is 7.11 Å². The Morgan fingerprint density at radius 2 is 1.84 bits per heavy atom. The Hall–Kier alpha value is -2.64. The minimum Gasteiger partial charge on any atom is -0.493 e. The molecule has 0 aromatic carbocycles. The zero-order chi connectivity index (χ0) is 23.9. The van der Waals surface area contributed by atoms with Gasteiger partial charge in [0.15, 0.2) is 11.4 Å². The first-order valence-electron chi connectivity index (χ1n) is 11.4. The molecule has 2 rings (SSSR count). The summed E-state index contributed by atoms with van der Waals surface area (Å²) >= 11 is 0. The molecule has 1 aromatic heterocycles. The van der Waals surface area contributed by atoms with Crippen LogP contribution in [-0.2, 0) is 9.59 Å². The predicted octanol–water partition coefficient (Wildman–Crippen LogP) is 3.64. The molecule has 1 atom stereocenters. The van der Waals surface area contributed by atoms with Crippen molar-refractivity contribution in [3.05, 3.63) is 18.0 Å². The standard InChI is InChI=1S/C24H37N3O5/c1-7-8-19(28)32-21-18(31-6)13-14-25-20(21)23(30)26-15(2)22(29)27-17-11-9-16(10-12-17)24(3,4)5/h13-17H,7-12H2,1-6H3,(H,26,30)(H,27,29)/t15-,16?,17?/m0/s1. The van der Waals surface area contributed by atoms with E-state index in [2.05, 4.69) is 36.4 Å². The summed E-state index contributed by atoms with van der Waals surface area (Å²) < 4.78 is 10.6. The number of rotatable bonds is 8. The van der Waals surface area contributed by atoms with Crippen molar-refractivity contribution in [1.82, 2.24) is 15.6 Å². The summed E-state index contributed by atoms with van der Waals surface area (Å²) in [5, 5.41) is 5.70. The highest BCUT2D eigenvalue weighted by molar-refractivity contribution is 5.99. The quantitative estimate of drug-likeness (QED) is 0.589. The third-order valence-electron chi connectivity index (χ3n) is 6.01. The number of aromatic nitrogens is 1. The van der Waals surface area contributed by atoms with Crippen molar-refractivity contribution in [2.45, 2.75) is 85.2 Å². The molecule has 0 unspecified atom stereocenters. The van der Waals surface area contributed by atoms with Gasteiger partial charge >= 0.3 is 5.97 Å². The van der Waals surface area contributed by atoms with Crippen molar-refractivity contribution >= 4 is 17.8 Å². The summed E-state index contributed by atoms with van der Waals surface area (Å²) in [4.78, 5) is 41.6. The lowest BCUT2D eigenvalue weighted by Gasteiger charge is -2.37. The molecule has 32 heavy (non-hydrogen) atoms. The molecule has 1 aromatic rings. The van der Waals surface area contributed by atoms with E-state index in [1.165, 1.54) is 19.4 Å². The van der Waals surface area contributed by atoms with E-state index in [0.29, 0.717) is 12.3 Å². The second kappa shape index (κ2) is 11.3. The van der Waals surface area contributed by atoms with E-state index in [-0.39, 0.29) is 41.0 Å². The number of ether oxygens (including phenoxy) is 2. The summed E-state index contributed by atoms with van der Waals surface area (Å²) in [6.45, 7) is 10.2. The third-order valence-corrected chi connectivity index (χ3v) is 6.01. The lowest BCUT2D eigenvalue weighted by Crippen LogP contribution is -2.49. The molecule has 2 N–H and O–H groups in total. The Kier molecular flexibility index (Phi) is 9.04. The fourth-order valence-electron chi connectivity index (χ4n) is 3.98. The lowest BCUT2D eigenvalue weighted by molar-refractivity contribution is -0.134. The predicted molar refractivity (Wildman–Crippen MR) is 122 cm³/mol. The van der Waals surface area contributed by atoms with Crippen LogP contribution in [0.2, 0.25) is 0 Å². The van der Waals surface area contributed by atoms with Crippen molar-refractivity contribution in [3.8, 4) is 11.5 Å². The summed E-state index contributed by atoms with van der Waals surface area (Å²) in [5.41, 5.74) is 0.178. The Bertz CT molecular complexity index is 810. The van der Waals surface area contributed by atoms with E-state index in [1.807, 2.05) is 6.92 Å². The van der Waals surface area contributed by atoms with Crippen LogP contribution in [0.4, 0.5) is 0 Å². The monoisotopic (exact) mass is 447 g/mol. The molecule has 0 radical (unpaired) electrons. The minimum atomic E-state index is -0.768. The van der Waals surface area contributed by atoms with Gasteiger partial charge in [-0.3, -0.25) is 14.4 Å². The Labute approximate surface area is 190 Å². The average Bonchev–Trinajstić information content (AvgIpc) is 2.73. The van der Waals surface area contributed by atoms with Gasteiger partial charge in [0.1, 0.15) is 6.04 Å². The molecular weight excluding hydrogens is 410 g/mol. The number of esters is 1. The van der Waals surface area contributed by atoms with Crippen LogP contribution in [0.5, 0.6) is 11.5 Å². The molecular formula is C24H37N3O5. The van der Waals surface area contributed by atoms with Crippen LogP contribution >= 0.6 is 0 Å². The molecule has 1 aliphatic carbocycles. The topological polar surface area (TPSA) is 107 Å². The number of carbonyl (C=O) groups is 3. The normalized spacial score (nSPS) is 19.6. The van der Waals surface area contributed by atoms with Crippen molar-refractivity contribution in [1.29, 1.82) is 0 Å². The number of carbonyl (C=O) groups excluding carboxylic acids is 3. The summed E-state index contributed by atoms with van der Waals surface area (Å²) in [6.07, 6.45) is 6.23. The second-order valence-electron chi connectivity index (χ2n) is 9.53. The van der Waals surface area contributed by atoms with Gasteiger partial charge < -0.3 is 20.1 Å². The highest BCUT2D eigenvalue weighted by Crippen LogP contribution is 2.37. The van der Waals surface area contributed by atoms with E-state index in [1.54, 1.807) is 6.92 Å². The molecule has 1 saturated carbocycles. The zero-order valence-corrected chi connectivity index (χ0v) is 20.1. The highest BCUT2D eigenvalue weighted by Gasteiger charge is 2.31. The van der Waals surface area contributed by atoms with Crippen LogP contribution in [-0.4, -0.2) is 42.0 Å². The van der Waals surface area contributed by atoms with Crippen molar-refractivity contribution in [2.24, 2.45) is 11.3 Å². The number of nitrogens with one attached hydrogen (secondary N) is 2. The summed E-state index contributed by atoms with van der Waals surface area (Å²) in [5.74, 6) is -0.501. The Morgan fingerprint density at radius 1 is 1.19 bits per heavy atom. The van der Waals surface area contributed by atoms with Crippen LogP contribution in [0.15, 0.2) is 12.3 Å². The number of hydrogen-bond acceptors (Lipinski definition) is 6. The van der Waals surface area contributed by atoms with Gasteiger partial charge in [-0.25, -0.2) is 4.98 Å². The van der Waals surface area contributed by atoms with Crippen LogP contribution in [0.1, 0.15) is 83.6 Å². The van der Waals surface area contributed by atoms with Gasteiger partial charge in [-0.15, -0.1) is 0 Å². The van der Waals surface area contributed by atoms with Crippen molar-refractivity contribution < 1.29 is 23.9 Å². The number of amides is 2. The molecule has 178 valence electrons. The maximum Gasteiger partial charge on any atom is 0.311 e.